The van der Waals surface area contributed by atoms with Gasteiger partial charge in [0.1, 0.15) is 78.3 Å². The van der Waals surface area contributed by atoms with Crippen molar-refractivity contribution >= 4 is 113 Å². The first kappa shape index (κ1) is 103. The second-order valence-electron chi connectivity index (χ2n) is 24.8. The first-order valence-electron chi connectivity index (χ1n) is 30.8. The van der Waals surface area contributed by atoms with E-state index in [1.165, 1.54) is 18.5 Å². The molecule has 0 radical (unpaired) electrons. The van der Waals surface area contributed by atoms with Crippen LogP contribution in [-0.2, 0) is 113 Å². The minimum Gasteiger partial charge on any atom is -0.397 e. The monoisotopic (exact) mass is 1950 g/mol. The molecule has 6 unspecified atom stereocenters. The number of alkyl halides is 6. The lowest BCUT2D eigenvalue weighted by atomic mass is 9.88. The maximum Gasteiger partial charge on any atom is 0.490 e. The van der Waals surface area contributed by atoms with E-state index in [1.54, 1.807) is 5.92 Å². The number of rotatable bonds is 30. The molecule has 0 spiro atoms. The van der Waals surface area contributed by atoms with Gasteiger partial charge in [0.15, 0.2) is 47.1 Å². The highest BCUT2D eigenvalue weighted by Gasteiger charge is 2.70. The molecule has 6 aliphatic heterocycles. The first-order valence-corrected chi connectivity index (χ1v) is 45.9. The number of carbonyl (C=O) groups is 1. The summed E-state index contributed by atoms with van der Waals surface area (Å²) in [6, 6.07) is 2.37. The first-order chi connectivity index (χ1) is 54.1. The summed E-state index contributed by atoms with van der Waals surface area (Å²) in [7, 11) is -56.3. The summed E-state index contributed by atoms with van der Waals surface area (Å²) in [6.45, 7) is 1.02. The largest absolute Gasteiger partial charge is 0.490 e. The Morgan fingerprint density at radius 1 is 0.592 bits per heavy atom. The Kier molecular flexibility index (Phi) is 31.8. The molecule has 0 saturated carbocycles. The van der Waals surface area contributed by atoms with E-state index in [-0.39, 0.29) is 44.7 Å². The average Bonchev–Trinajstić information content (AvgIpc) is 1.61. The molecule has 4 saturated heterocycles. The Bertz CT molecular complexity index is 5090. The molecule has 0 aliphatic carbocycles. The summed E-state index contributed by atoms with van der Waals surface area (Å²) >= 11 is 0. The highest BCUT2D eigenvalue weighted by atomic mass is 31.3. The van der Waals surface area contributed by atoms with Gasteiger partial charge in [0.05, 0.1) is 31.8 Å². The smallest absolute Gasteiger partial charge is 0.397 e. The van der Waals surface area contributed by atoms with Crippen molar-refractivity contribution in [3.05, 3.63) is 90.7 Å². The zero-order valence-corrected chi connectivity index (χ0v) is 68.2. The number of nitrogens with one attached hydrogen (secondary N) is 1. The second kappa shape index (κ2) is 36.9. The van der Waals surface area contributed by atoms with Crippen LogP contribution in [0.4, 0.5) is 37.8 Å². The average molecular weight is 1950 g/mol. The number of ether oxygens (including phenoxy) is 4. The molecule has 74 heteroatoms. The van der Waals surface area contributed by atoms with Crippen LogP contribution in [0.2, 0.25) is 0 Å². The van der Waals surface area contributed by atoms with Gasteiger partial charge in [0, 0.05) is 30.9 Å². The third-order valence-corrected chi connectivity index (χ3v) is 27.5. The number of aliphatic hydroxyl groups excluding tert-OH is 4. The Morgan fingerprint density at radius 3 is 1.57 bits per heavy atom. The van der Waals surface area contributed by atoms with E-state index in [2.05, 4.69) is 82.4 Å². The SMILES string of the molecule is C#C[C@]1(COP(=O)(O)OP(=O)(O)OP(=O)(O)O)O[C@@H](n2ccc(N)nc2=O)C(F)(F)[C@@H]1O.C=C1N=C(N)C=CN1[C@@H]1O[C@](C)(COP(=O)(O)OP(=O)(O)OP(=O)(O)O)[C@@H](O)C1(F)F.C=C1NC(=O)C=CN1[C@@H]1O[C@](CF)(COP(=O)(O)O)[C@@H](O)[C@@]1(C)O.Nc1ccnc2c1ncn2[C@@H]1O[C@H](COP(=O)(O)OP(=O)(O)OP(=O)(O)O)[C@@H](O)[C@]1(O)CF. The summed E-state index contributed by atoms with van der Waals surface area (Å²) < 4.78 is 258. The Morgan fingerprint density at radius 2 is 1.10 bits per heavy atom. The third-order valence-electron chi connectivity index (χ3n) is 15.7. The van der Waals surface area contributed by atoms with E-state index >= 15 is 0 Å². The van der Waals surface area contributed by atoms with Gasteiger partial charge in [-0.05, 0) is 32.1 Å². The summed E-state index contributed by atoms with van der Waals surface area (Å²) in [5, 5.41) is 64.3. The number of aliphatic hydroxyl groups is 6. The number of phosphoric ester groups is 4. The molecule has 9 heterocycles. The number of aromatic nitrogens is 5. The van der Waals surface area contributed by atoms with Gasteiger partial charge in [-0.2, -0.15) is 48.4 Å². The number of imidazole rings is 1. The number of amides is 1. The Hall–Kier alpha value is -5.32. The van der Waals surface area contributed by atoms with Crippen molar-refractivity contribution in [1.82, 2.24) is 39.2 Å². The van der Waals surface area contributed by atoms with Crippen molar-refractivity contribution in [1.29, 1.82) is 0 Å². The fourth-order valence-electron chi connectivity index (χ4n) is 10.5. The Balaban J connectivity index is 0.000000250. The molecule has 6 aliphatic rings. The minimum atomic E-state index is -5.91. The van der Waals surface area contributed by atoms with Crippen LogP contribution in [0.1, 0.15) is 26.3 Å². The number of terminal acetylenes is 1. The normalized spacial score (nSPS) is 31.7. The van der Waals surface area contributed by atoms with Crippen LogP contribution in [0, 0.1) is 12.3 Å². The molecule has 120 heavy (non-hydrogen) atoms. The summed E-state index contributed by atoms with van der Waals surface area (Å²) in [5.41, 5.74) is 3.31. The Labute approximate surface area is 662 Å². The summed E-state index contributed by atoms with van der Waals surface area (Å²) in [5.74, 6) is -7.86. The number of phosphoric acid groups is 10. The predicted molar refractivity (Wildman–Crippen MR) is 370 cm³/mol. The van der Waals surface area contributed by atoms with Gasteiger partial charge < -0.3 is 150 Å². The number of nitrogen functional groups attached to an aromatic ring is 2. The lowest BCUT2D eigenvalue weighted by Gasteiger charge is -2.37. The summed E-state index contributed by atoms with van der Waals surface area (Å²) in [6.07, 6.45) is -6.42. The predicted octanol–water partition coefficient (Wildman–Crippen LogP) is -2.83. The molecule has 1 amide bonds. The number of nitrogens with zero attached hydrogens (tertiary/aromatic N) is 8. The molecule has 0 bridgehead atoms. The molecule has 58 nitrogen and oxygen atoms in total. The van der Waals surface area contributed by atoms with E-state index in [0.29, 0.717) is 0 Å². The number of fused-ring (bicyclic) bond motifs is 1. The van der Waals surface area contributed by atoms with Gasteiger partial charge in [-0.15, -0.1) is 6.42 Å². The molecule has 3 aromatic rings. The van der Waals surface area contributed by atoms with Crippen LogP contribution in [0.5, 0.6) is 0 Å². The summed E-state index contributed by atoms with van der Waals surface area (Å²) in [4.78, 5) is 164. The van der Waals surface area contributed by atoms with Gasteiger partial charge in [-0.25, -0.2) is 74.2 Å². The third kappa shape index (κ3) is 25.7. The minimum absolute atomic E-state index is 0.00513. The van der Waals surface area contributed by atoms with Gasteiger partial charge in [-0.3, -0.25) is 32.0 Å². The number of pyridine rings is 1. The van der Waals surface area contributed by atoms with E-state index in [0.717, 1.165) is 65.2 Å². The van der Waals surface area contributed by atoms with Crippen molar-refractivity contribution in [2.75, 3.05) is 51.2 Å². The standard InChI is InChI=1S/C12H18FN4O13P3.C12H18FN2O8P.C11H14F2N3O13P3.C11H18F2N3O12P3/c13-4-12(19)9(18)7(3-27-32(23,24)30-33(25,26)29-31(20,21)22)28-11(12)17-5-16-8-6(14)1-2-15-10(8)17;1-7-14-8(16)3-4-15(7)10-11(2,18)9(17)12(5-13,23-10)6-22-24(19,20)21;1-2-10(5-26-31(22,23)29-32(24,25)28-30(19,20)21)7(17)11(12,13)8(27-10)16-4-3-6(14)15-9(16)18;1-6-15-7(14)3-4-16(6)9-11(12,13)8(17)10(2,26-9)5-25-30(21,22)28-31(23,24)27-29(18,19)20/h1-2,5,7,9,11,18-19H,3-4H2,(H2,14,15)(H,23,24)(H,25,26)(H2,20,21,22);3-4,9-10,17-18H,1,5-6H2,2H3,(H,14,16)(H2,19,20,21);1,3-4,7-8,17H,5H2,(H,22,23)(H,24,25)(H2,14,15,18)(H2,19,20,21);3-4,8-9,17H,1,5H2,2H3,(H2,14,15)(H,21,22)(H,23,24)(H2,18,19,20)/t7-,9-,11-,12-;9-,10+,11+,12+;7-,8-,10-;8-,9-,10-/m1011/s1. The highest BCUT2D eigenvalue weighted by Crippen LogP contribution is 2.69. The zero-order chi connectivity index (χ0) is 92.0. The molecule has 680 valence electrons. The van der Waals surface area contributed by atoms with Crippen LogP contribution in [-0.4, -0.2) is 267 Å². The van der Waals surface area contributed by atoms with Crippen molar-refractivity contribution in [2.24, 2.45) is 10.7 Å². The van der Waals surface area contributed by atoms with Gasteiger partial charge in [0.25, 0.3) is 5.91 Å². The fourth-order valence-corrected chi connectivity index (χ4v) is 20.0. The van der Waals surface area contributed by atoms with Crippen molar-refractivity contribution in [3.63, 3.8) is 0 Å². The number of hydrogen-bond acceptors (Lipinski definition) is 41. The van der Waals surface area contributed by atoms with E-state index in [4.69, 9.17) is 96.4 Å². The highest BCUT2D eigenvalue weighted by molar-refractivity contribution is 7.68. The lowest BCUT2D eigenvalue weighted by Crippen LogP contribution is -2.55. The van der Waals surface area contributed by atoms with Crippen molar-refractivity contribution in [2.45, 2.75) is 109 Å². The maximum atomic E-state index is 14.6. The molecule has 4 fully saturated rings. The fraction of sp³-hybridized carbons (Fsp3) is 0.522. The number of anilines is 2. The molecule has 27 N–H and O–H groups in total. The van der Waals surface area contributed by atoms with Gasteiger partial charge in [-0.1, -0.05) is 19.1 Å². The van der Waals surface area contributed by atoms with Crippen LogP contribution >= 0.6 is 78.2 Å². The molecular formula is C46H68F6N12O46P10. The zero-order valence-electron chi connectivity index (χ0n) is 59.2. The molecule has 3 aromatic heterocycles. The number of hydrogen-bond donors (Lipinski definition) is 24. The van der Waals surface area contributed by atoms with Crippen molar-refractivity contribution < 1.29 is 239 Å². The van der Waals surface area contributed by atoms with Crippen molar-refractivity contribution in [3.8, 4) is 12.3 Å². The quantitative estimate of drug-likeness (QED) is 0.0182. The molecule has 9 rings (SSSR count). The number of carbonyl (C=O) groups excluding carboxylic acids is 1. The van der Waals surface area contributed by atoms with Crippen LogP contribution in [0.3, 0.4) is 0 Å². The molecule has 20 atom stereocenters. The number of halogens is 6. The van der Waals surface area contributed by atoms with E-state index < -0.39 is 225 Å². The number of nitrogens with two attached hydrogens (primary N) is 3. The molecular weight excluding hydrogens is 1880 g/mol. The number of aliphatic imine (C=N–C) groups is 1. The topological polar surface area (TPSA) is 896 Å². The van der Waals surface area contributed by atoms with E-state index in [9.17, 15) is 127 Å². The van der Waals surface area contributed by atoms with E-state index in [1.807, 2.05) is 0 Å². The van der Waals surface area contributed by atoms with Gasteiger partial charge >= 0.3 is 95.8 Å². The lowest BCUT2D eigenvalue weighted by molar-refractivity contribution is -0.152. The second-order valence-corrected chi connectivity index (χ2v) is 39.3. The van der Waals surface area contributed by atoms with Gasteiger partial charge in [0.2, 0.25) is 12.5 Å². The number of amidine groups is 1. The van der Waals surface area contributed by atoms with Crippen LogP contribution in [0.25, 0.3) is 11.2 Å². The maximum absolute atomic E-state index is 14.6. The van der Waals surface area contributed by atoms with Crippen LogP contribution < -0.4 is 28.2 Å². The molecule has 0 aromatic carbocycles. The van der Waals surface area contributed by atoms with Crippen LogP contribution in [0.15, 0.2) is 90.0 Å².